The lowest BCUT2D eigenvalue weighted by Crippen LogP contribution is -2.18. The Labute approximate surface area is 81.0 Å². The summed E-state index contributed by atoms with van der Waals surface area (Å²) in [6.07, 6.45) is 0.324. The van der Waals surface area contributed by atoms with E-state index in [1.807, 2.05) is 0 Å². The zero-order valence-electron chi connectivity index (χ0n) is 8.25. The van der Waals surface area contributed by atoms with Crippen molar-refractivity contribution in [1.82, 2.24) is 0 Å². The summed E-state index contributed by atoms with van der Waals surface area (Å²) < 4.78 is 10.7. The van der Waals surface area contributed by atoms with Crippen molar-refractivity contribution in [2.75, 3.05) is 25.6 Å². The lowest BCUT2D eigenvalue weighted by molar-refractivity contribution is -0.00305. The van der Waals surface area contributed by atoms with Gasteiger partial charge >= 0.3 is 0 Å². The van der Waals surface area contributed by atoms with Crippen LogP contribution in [0.2, 0.25) is 0 Å². The van der Waals surface area contributed by atoms with Crippen molar-refractivity contribution < 1.29 is 9.47 Å². The van der Waals surface area contributed by atoms with E-state index in [1.165, 1.54) is 0 Å². The molecule has 0 bridgehead atoms. The molecule has 0 aromatic rings. The molecule has 0 amide bonds. The second-order valence-corrected chi connectivity index (χ2v) is 3.60. The third-order valence-electron chi connectivity index (χ3n) is 1.78. The molecule has 2 nitrogen and oxygen atoms in total. The lowest BCUT2D eigenvalue weighted by Gasteiger charge is -2.16. The van der Waals surface area contributed by atoms with Crippen LogP contribution in [0.15, 0.2) is 0 Å². The topological polar surface area (TPSA) is 18.5 Å². The van der Waals surface area contributed by atoms with E-state index in [2.05, 4.69) is 33.4 Å². The molecular formula is C9H20O2S. The summed E-state index contributed by atoms with van der Waals surface area (Å²) >= 11 is 4.03. The molecule has 0 rings (SSSR count). The van der Waals surface area contributed by atoms with Crippen LogP contribution >= 0.6 is 12.6 Å². The first-order valence-corrected chi connectivity index (χ1v) is 5.12. The average Bonchev–Trinajstić information content (AvgIpc) is 2.03. The van der Waals surface area contributed by atoms with Crippen molar-refractivity contribution in [3.8, 4) is 0 Å². The molecule has 1 unspecified atom stereocenters. The lowest BCUT2D eigenvalue weighted by atomic mass is 10.1. The van der Waals surface area contributed by atoms with Crippen LogP contribution in [0, 0.1) is 5.92 Å². The molecule has 0 aromatic heterocycles. The van der Waals surface area contributed by atoms with E-state index in [-0.39, 0.29) is 0 Å². The van der Waals surface area contributed by atoms with Gasteiger partial charge in [0.2, 0.25) is 0 Å². The van der Waals surface area contributed by atoms with Crippen molar-refractivity contribution in [3.63, 3.8) is 0 Å². The Morgan fingerprint density at radius 3 is 2.25 bits per heavy atom. The van der Waals surface area contributed by atoms with E-state index in [4.69, 9.17) is 9.47 Å². The molecule has 12 heavy (non-hydrogen) atoms. The first-order chi connectivity index (χ1) is 5.68. The van der Waals surface area contributed by atoms with Crippen LogP contribution in [0.25, 0.3) is 0 Å². The highest BCUT2D eigenvalue weighted by molar-refractivity contribution is 7.80. The maximum Gasteiger partial charge on any atom is 0.0704 e. The van der Waals surface area contributed by atoms with Crippen LogP contribution in [-0.4, -0.2) is 31.7 Å². The standard InChI is InChI=1S/C9H20O2S/c1-8(2)9(3)11-5-4-10-6-7-12/h8-9,12H,4-7H2,1-3H3. The molecule has 0 N–H and O–H groups in total. The Hall–Kier alpha value is 0.270. The van der Waals surface area contributed by atoms with E-state index in [9.17, 15) is 0 Å². The maximum absolute atomic E-state index is 5.50. The molecular weight excluding hydrogens is 172 g/mol. The van der Waals surface area contributed by atoms with E-state index >= 15 is 0 Å². The van der Waals surface area contributed by atoms with Gasteiger partial charge in [-0.1, -0.05) is 13.8 Å². The molecule has 1 atom stereocenters. The highest BCUT2D eigenvalue weighted by Crippen LogP contribution is 2.04. The number of hydrogen-bond donors (Lipinski definition) is 1. The van der Waals surface area contributed by atoms with Crippen LogP contribution < -0.4 is 0 Å². The van der Waals surface area contributed by atoms with Gasteiger partial charge in [-0.25, -0.2) is 0 Å². The number of ether oxygens (including phenoxy) is 2. The highest BCUT2D eigenvalue weighted by atomic mass is 32.1. The molecule has 0 aliphatic rings. The quantitative estimate of drug-likeness (QED) is 0.491. The van der Waals surface area contributed by atoms with Gasteiger partial charge in [0.05, 0.1) is 25.9 Å². The molecule has 0 fully saturated rings. The molecule has 3 heteroatoms. The van der Waals surface area contributed by atoms with Crippen LogP contribution in [0.1, 0.15) is 20.8 Å². The smallest absolute Gasteiger partial charge is 0.0704 e. The average molecular weight is 192 g/mol. The van der Waals surface area contributed by atoms with Gasteiger partial charge in [-0.2, -0.15) is 12.6 Å². The Balaban J connectivity index is 3.08. The van der Waals surface area contributed by atoms with Gasteiger partial charge < -0.3 is 9.47 Å². The first kappa shape index (κ1) is 12.3. The Morgan fingerprint density at radius 1 is 1.08 bits per heavy atom. The minimum Gasteiger partial charge on any atom is -0.378 e. The molecule has 0 aromatic carbocycles. The van der Waals surface area contributed by atoms with E-state index in [0.29, 0.717) is 31.8 Å². The SMILES string of the molecule is CC(C)C(C)OCCOCCS. The maximum atomic E-state index is 5.50. The van der Waals surface area contributed by atoms with Gasteiger partial charge in [0.25, 0.3) is 0 Å². The van der Waals surface area contributed by atoms with E-state index < -0.39 is 0 Å². The van der Waals surface area contributed by atoms with Crippen molar-refractivity contribution in [1.29, 1.82) is 0 Å². The fraction of sp³-hybridized carbons (Fsp3) is 1.00. The second kappa shape index (κ2) is 7.90. The van der Waals surface area contributed by atoms with Gasteiger partial charge in [-0.05, 0) is 12.8 Å². The van der Waals surface area contributed by atoms with E-state index in [1.54, 1.807) is 0 Å². The zero-order chi connectivity index (χ0) is 9.40. The fourth-order valence-corrected chi connectivity index (χ4v) is 0.781. The predicted molar refractivity (Wildman–Crippen MR) is 54.9 cm³/mol. The Morgan fingerprint density at radius 2 is 1.75 bits per heavy atom. The Bertz CT molecular complexity index is 96.5. The molecule has 0 saturated carbocycles. The van der Waals surface area contributed by atoms with Gasteiger partial charge in [-0.3, -0.25) is 0 Å². The summed E-state index contributed by atoms with van der Waals surface area (Å²) in [6, 6.07) is 0. The minimum absolute atomic E-state index is 0.324. The molecule has 0 saturated heterocycles. The molecule has 0 spiro atoms. The van der Waals surface area contributed by atoms with Crippen molar-refractivity contribution >= 4 is 12.6 Å². The van der Waals surface area contributed by atoms with Crippen LogP contribution in [0.4, 0.5) is 0 Å². The number of hydrogen-bond acceptors (Lipinski definition) is 3. The number of thiol groups is 1. The summed E-state index contributed by atoms with van der Waals surface area (Å²) in [5.41, 5.74) is 0. The first-order valence-electron chi connectivity index (χ1n) is 4.48. The summed E-state index contributed by atoms with van der Waals surface area (Å²) in [7, 11) is 0. The highest BCUT2D eigenvalue weighted by Gasteiger charge is 2.05. The van der Waals surface area contributed by atoms with Crippen LogP contribution in [-0.2, 0) is 9.47 Å². The van der Waals surface area contributed by atoms with E-state index in [0.717, 1.165) is 5.75 Å². The third kappa shape index (κ3) is 6.95. The van der Waals surface area contributed by atoms with Crippen molar-refractivity contribution in [2.24, 2.45) is 5.92 Å². The molecule has 0 aliphatic carbocycles. The van der Waals surface area contributed by atoms with Gasteiger partial charge in [0, 0.05) is 5.75 Å². The normalized spacial score (nSPS) is 13.8. The molecule has 0 heterocycles. The molecule has 0 aliphatic heterocycles. The van der Waals surface area contributed by atoms with Gasteiger partial charge in [0.15, 0.2) is 0 Å². The second-order valence-electron chi connectivity index (χ2n) is 3.16. The summed E-state index contributed by atoms with van der Waals surface area (Å²) in [6.45, 7) is 8.47. The van der Waals surface area contributed by atoms with Gasteiger partial charge in [0.1, 0.15) is 0 Å². The molecule has 74 valence electrons. The van der Waals surface area contributed by atoms with Gasteiger partial charge in [-0.15, -0.1) is 0 Å². The van der Waals surface area contributed by atoms with Crippen molar-refractivity contribution in [3.05, 3.63) is 0 Å². The van der Waals surface area contributed by atoms with Crippen LogP contribution in [0.5, 0.6) is 0 Å². The summed E-state index contributed by atoms with van der Waals surface area (Å²) in [5.74, 6) is 1.36. The monoisotopic (exact) mass is 192 g/mol. The Kier molecular flexibility index (Phi) is 8.07. The summed E-state index contributed by atoms with van der Waals surface area (Å²) in [4.78, 5) is 0. The number of rotatable bonds is 7. The third-order valence-corrected chi connectivity index (χ3v) is 1.97. The molecule has 0 radical (unpaired) electrons. The fourth-order valence-electron chi connectivity index (χ4n) is 0.652. The van der Waals surface area contributed by atoms with Crippen LogP contribution in [0.3, 0.4) is 0 Å². The minimum atomic E-state index is 0.324. The largest absolute Gasteiger partial charge is 0.378 e. The summed E-state index contributed by atoms with van der Waals surface area (Å²) in [5, 5.41) is 0. The van der Waals surface area contributed by atoms with Crippen molar-refractivity contribution in [2.45, 2.75) is 26.9 Å². The zero-order valence-corrected chi connectivity index (χ0v) is 9.14. The predicted octanol–water partition coefficient (Wildman–Crippen LogP) is 1.99.